The van der Waals surface area contributed by atoms with Crippen LogP contribution in [0.1, 0.15) is 47.0 Å². The summed E-state index contributed by atoms with van der Waals surface area (Å²) >= 11 is 0. The van der Waals surface area contributed by atoms with Crippen LogP contribution in [0, 0.1) is 0 Å². The van der Waals surface area contributed by atoms with Gasteiger partial charge in [0.1, 0.15) is 11.5 Å². The van der Waals surface area contributed by atoms with Gasteiger partial charge >= 0.3 is 11.9 Å². The fourth-order valence-electron chi connectivity index (χ4n) is 2.14. The van der Waals surface area contributed by atoms with E-state index in [0.29, 0.717) is 24.5 Å². The maximum atomic E-state index is 11.9. The summed E-state index contributed by atoms with van der Waals surface area (Å²) in [6, 6.07) is 6.76. The van der Waals surface area contributed by atoms with Crippen molar-refractivity contribution in [3.05, 3.63) is 24.3 Å². The van der Waals surface area contributed by atoms with Crippen LogP contribution in [0.2, 0.25) is 0 Å². The molecule has 6 nitrogen and oxygen atoms in total. The number of hydrogen-bond donors (Lipinski definition) is 0. The molecule has 1 aromatic rings. The summed E-state index contributed by atoms with van der Waals surface area (Å²) in [5.41, 5.74) is -1.09. The number of hydrogen-bond acceptors (Lipinski definition) is 6. The summed E-state index contributed by atoms with van der Waals surface area (Å²) in [5, 5.41) is 0. The van der Waals surface area contributed by atoms with Gasteiger partial charge in [0.25, 0.3) is 0 Å². The van der Waals surface area contributed by atoms with Crippen molar-refractivity contribution >= 4 is 11.9 Å². The first-order chi connectivity index (χ1) is 11.8. The molecule has 0 heterocycles. The van der Waals surface area contributed by atoms with Gasteiger partial charge in [-0.25, -0.2) is 9.59 Å². The molecule has 0 amide bonds. The molecule has 0 aliphatic rings. The average Bonchev–Trinajstić information content (AvgIpc) is 2.59. The fourth-order valence-corrected chi connectivity index (χ4v) is 2.14. The largest absolute Gasteiger partial charge is 0.479 e. The van der Waals surface area contributed by atoms with E-state index in [1.54, 1.807) is 45.0 Å². The zero-order chi connectivity index (χ0) is 18.9. The smallest absolute Gasteiger partial charge is 0.349 e. The Balaban J connectivity index is 2.74. The van der Waals surface area contributed by atoms with Crippen LogP contribution < -0.4 is 9.47 Å². The first-order valence-corrected chi connectivity index (χ1v) is 8.54. The van der Waals surface area contributed by atoms with Gasteiger partial charge in [-0.2, -0.15) is 0 Å². The maximum Gasteiger partial charge on any atom is 0.349 e. The van der Waals surface area contributed by atoms with Gasteiger partial charge in [0.05, 0.1) is 13.7 Å². The molecule has 140 valence electrons. The predicted molar refractivity (Wildman–Crippen MR) is 93.7 cm³/mol. The summed E-state index contributed by atoms with van der Waals surface area (Å²) < 4.78 is 21.2. The molecule has 0 spiro atoms. The highest BCUT2D eigenvalue weighted by molar-refractivity contribution is 5.79. The zero-order valence-electron chi connectivity index (χ0n) is 15.7. The lowest BCUT2D eigenvalue weighted by atomic mass is 10.1. The van der Waals surface area contributed by atoms with Gasteiger partial charge in [-0.3, -0.25) is 0 Å². The van der Waals surface area contributed by atoms with E-state index in [-0.39, 0.29) is 0 Å². The Morgan fingerprint density at radius 1 is 1.08 bits per heavy atom. The molecule has 0 saturated heterocycles. The summed E-state index contributed by atoms with van der Waals surface area (Å²) in [6.45, 7) is 7.38. The predicted octanol–water partition coefficient (Wildman–Crippen LogP) is 3.52. The minimum absolute atomic E-state index is 0.297. The van der Waals surface area contributed by atoms with Gasteiger partial charge in [0.15, 0.2) is 11.7 Å². The lowest BCUT2D eigenvalue weighted by Gasteiger charge is -2.24. The Hall–Kier alpha value is -2.24. The van der Waals surface area contributed by atoms with Gasteiger partial charge in [0, 0.05) is 0 Å². The molecular weight excluding hydrogens is 324 g/mol. The number of benzene rings is 1. The molecule has 0 radical (unpaired) electrons. The van der Waals surface area contributed by atoms with Crippen LogP contribution in [-0.4, -0.2) is 37.4 Å². The second kappa shape index (κ2) is 9.91. The van der Waals surface area contributed by atoms with E-state index < -0.39 is 23.6 Å². The minimum Gasteiger partial charge on any atom is -0.479 e. The first-order valence-electron chi connectivity index (χ1n) is 8.54. The van der Waals surface area contributed by atoms with E-state index in [1.165, 1.54) is 7.11 Å². The van der Waals surface area contributed by atoms with Crippen molar-refractivity contribution < 1.29 is 28.5 Å². The molecule has 0 aliphatic carbocycles. The molecule has 25 heavy (non-hydrogen) atoms. The molecule has 1 atom stereocenters. The molecule has 0 bridgehead atoms. The van der Waals surface area contributed by atoms with E-state index in [0.717, 1.165) is 12.8 Å². The number of methoxy groups -OCH3 is 1. The van der Waals surface area contributed by atoms with Gasteiger partial charge in [0.2, 0.25) is 0 Å². The highest BCUT2D eigenvalue weighted by atomic mass is 16.6. The number of carbonyl (C=O) groups is 2. The third-order valence-electron chi connectivity index (χ3n) is 3.53. The molecule has 0 aliphatic heterocycles. The van der Waals surface area contributed by atoms with Crippen molar-refractivity contribution in [3.63, 3.8) is 0 Å². The quantitative estimate of drug-likeness (QED) is 0.600. The van der Waals surface area contributed by atoms with E-state index in [2.05, 4.69) is 0 Å². The number of unbranched alkanes of at least 4 members (excludes halogenated alkanes) is 1. The Labute approximate surface area is 149 Å². The van der Waals surface area contributed by atoms with Crippen LogP contribution >= 0.6 is 0 Å². The molecule has 1 rings (SSSR count). The SMILES string of the molecule is CCCCC(Oc1ccc(OC(C)(C)C(=O)OCC)cc1)C(=O)OC. The number of ether oxygens (including phenoxy) is 4. The lowest BCUT2D eigenvalue weighted by molar-refractivity contribution is -0.158. The van der Waals surface area contributed by atoms with Crippen LogP contribution in [0.15, 0.2) is 24.3 Å². The third-order valence-corrected chi connectivity index (χ3v) is 3.53. The summed E-state index contributed by atoms with van der Waals surface area (Å²) in [6.07, 6.45) is 1.80. The molecular formula is C19H28O6. The highest BCUT2D eigenvalue weighted by Crippen LogP contribution is 2.24. The van der Waals surface area contributed by atoms with Crippen molar-refractivity contribution in [1.82, 2.24) is 0 Å². The first kappa shape index (κ1) is 20.8. The molecule has 0 fully saturated rings. The van der Waals surface area contributed by atoms with Crippen LogP contribution in [-0.2, 0) is 19.1 Å². The van der Waals surface area contributed by atoms with Crippen molar-refractivity contribution in [2.75, 3.05) is 13.7 Å². The summed E-state index contributed by atoms with van der Waals surface area (Å²) in [4.78, 5) is 23.7. The number of carbonyl (C=O) groups excluding carboxylic acids is 2. The average molecular weight is 352 g/mol. The molecule has 0 saturated carbocycles. The van der Waals surface area contributed by atoms with E-state index in [9.17, 15) is 9.59 Å². The minimum atomic E-state index is -1.09. The molecule has 0 N–H and O–H groups in total. The molecule has 1 aromatic carbocycles. The van der Waals surface area contributed by atoms with E-state index in [4.69, 9.17) is 18.9 Å². The molecule has 6 heteroatoms. The van der Waals surface area contributed by atoms with Crippen molar-refractivity contribution in [1.29, 1.82) is 0 Å². The highest BCUT2D eigenvalue weighted by Gasteiger charge is 2.31. The Morgan fingerprint density at radius 2 is 1.68 bits per heavy atom. The van der Waals surface area contributed by atoms with Crippen molar-refractivity contribution in [3.8, 4) is 11.5 Å². The van der Waals surface area contributed by atoms with Crippen molar-refractivity contribution in [2.24, 2.45) is 0 Å². The van der Waals surface area contributed by atoms with Crippen LogP contribution in [0.5, 0.6) is 11.5 Å². The summed E-state index contributed by atoms with van der Waals surface area (Å²) in [7, 11) is 1.35. The van der Waals surface area contributed by atoms with Gasteiger partial charge in [-0.15, -0.1) is 0 Å². The van der Waals surface area contributed by atoms with Crippen LogP contribution in [0.25, 0.3) is 0 Å². The van der Waals surface area contributed by atoms with Crippen molar-refractivity contribution in [2.45, 2.75) is 58.7 Å². The van der Waals surface area contributed by atoms with Crippen LogP contribution in [0.4, 0.5) is 0 Å². The van der Waals surface area contributed by atoms with Gasteiger partial charge in [-0.05, 0) is 57.9 Å². The monoisotopic (exact) mass is 352 g/mol. The van der Waals surface area contributed by atoms with Gasteiger partial charge < -0.3 is 18.9 Å². The maximum absolute atomic E-state index is 11.9. The zero-order valence-corrected chi connectivity index (χ0v) is 15.7. The third kappa shape index (κ3) is 6.64. The van der Waals surface area contributed by atoms with E-state index in [1.807, 2.05) is 6.92 Å². The normalized spacial score (nSPS) is 12.2. The second-order valence-electron chi connectivity index (χ2n) is 6.08. The summed E-state index contributed by atoms with van der Waals surface area (Å²) in [5.74, 6) is 0.222. The van der Waals surface area contributed by atoms with Gasteiger partial charge in [-0.1, -0.05) is 13.3 Å². The Bertz CT molecular complexity index is 550. The Morgan fingerprint density at radius 3 is 2.20 bits per heavy atom. The molecule has 0 aromatic heterocycles. The molecule has 1 unspecified atom stereocenters. The Kier molecular flexibility index (Phi) is 8.25. The van der Waals surface area contributed by atoms with E-state index >= 15 is 0 Å². The fraction of sp³-hybridized carbons (Fsp3) is 0.579. The standard InChI is InChI=1S/C19H28O6/c1-6-8-9-16(17(20)22-5)24-14-10-12-15(13-11-14)25-19(3,4)18(21)23-7-2/h10-13,16H,6-9H2,1-5H3. The lowest BCUT2D eigenvalue weighted by Crippen LogP contribution is -2.39. The second-order valence-corrected chi connectivity index (χ2v) is 6.08. The number of esters is 2. The van der Waals surface area contributed by atoms with Crippen LogP contribution in [0.3, 0.4) is 0 Å². The number of rotatable bonds is 10. The topological polar surface area (TPSA) is 71.1 Å².